The lowest BCUT2D eigenvalue weighted by Crippen LogP contribution is -2.37. The second kappa shape index (κ2) is 6.35. The molecule has 126 valence electrons. The van der Waals surface area contributed by atoms with Gasteiger partial charge in [0.1, 0.15) is 12.3 Å². The van der Waals surface area contributed by atoms with Gasteiger partial charge in [-0.25, -0.2) is 4.68 Å². The number of hydrogen-bond donors (Lipinski definition) is 1. The number of ether oxygens (including phenoxy) is 1. The molecule has 1 aromatic carbocycles. The lowest BCUT2D eigenvalue weighted by atomic mass is 10.3. The molecule has 7 nitrogen and oxygen atoms in total. The molecule has 0 saturated heterocycles. The number of carboxylic acid groups (broad SMARTS) is 1. The minimum absolute atomic E-state index is 0.0139. The highest BCUT2D eigenvalue weighted by Crippen LogP contribution is 2.28. The molecule has 1 fully saturated rings. The third kappa shape index (κ3) is 3.24. The van der Waals surface area contributed by atoms with Crippen LogP contribution < -0.4 is 4.74 Å². The molecule has 0 spiro atoms. The van der Waals surface area contributed by atoms with E-state index >= 15 is 0 Å². The van der Waals surface area contributed by atoms with Gasteiger partial charge in [-0.3, -0.25) is 9.59 Å². The molecule has 0 aliphatic heterocycles. The Morgan fingerprint density at radius 1 is 1.33 bits per heavy atom. The summed E-state index contributed by atoms with van der Waals surface area (Å²) in [6.07, 6.45) is 1.69. The van der Waals surface area contributed by atoms with Crippen LogP contribution in [-0.2, 0) is 4.79 Å². The maximum absolute atomic E-state index is 12.6. The summed E-state index contributed by atoms with van der Waals surface area (Å²) in [5, 5.41) is 13.4. The van der Waals surface area contributed by atoms with Crippen molar-refractivity contribution in [2.45, 2.75) is 25.8 Å². The van der Waals surface area contributed by atoms with Crippen LogP contribution in [0.25, 0.3) is 5.69 Å². The molecule has 1 aromatic heterocycles. The van der Waals surface area contributed by atoms with Gasteiger partial charge in [-0.2, -0.15) is 5.10 Å². The first-order valence-corrected chi connectivity index (χ1v) is 7.73. The third-order valence-electron chi connectivity index (χ3n) is 3.98. The number of carbonyl (C=O) groups excluding carboxylic acids is 1. The zero-order valence-corrected chi connectivity index (χ0v) is 13.6. The maximum Gasteiger partial charge on any atom is 0.323 e. The van der Waals surface area contributed by atoms with Crippen molar-refractivity contribution in [1.29, 1.82) is 0 Å². The molecular weight excluding hydrogens is 310 g/mol. The Bertz CT molecular complexity index is 763. The molecule has 1 amide bonds. The second-order valence-electron chi connectivity index (χ2n) is 5.84. The van der Waals surface area contributed by atoms with E-state index < -0.39 is 5.97 Å². The van der Waals surface area contributed by atoms with Gasteiger partial charge in [0.25, 0.3) is 5.91 Å². The number of hydrogen-bond acceptors (Lipinski definition) is 4. The highest BCUT2D eigenvalue weighted by molar-refractivity contribution is 5.94. The Hall–Kier alpha value is -2.83. The van der Waals surface area contributed by atoms with Crippen LogP contribution in [0.4, 0.5) is 0 Å². The minimum Gasteiger partial charge on any atom is -0.497 e. The van der Waals surface area contributed by atoms with E-state index in [9.17, 15) is 9.59 Å². The predicted molar refractivity (Wildman–Crippen MR) is 86.5 cm³/mol. The van der Waals surface area contributed by atoms with E-state index in [0.717, 1.165) is 30.0 Å². The molecule has 0 radical (unpaired) electrons. The summed E-state index contributed by atoms with van der Waals surface area (Å²) in [5.74, 6) is -0.613. The van der Waals surface area contributed by atoms with Gasteiger partial charge in [0.2, 0.25) is 0 Å². The van der Waals surface area contributed by atoms with Gasteiger partial charge in [0.05, 0.1) is 12.8 Å². The minimum atomic E-state index is -1.01. The first-order valence-electron chi connectivity index (χ1n) is 7.73. The zero-order chi connectivity index (χ0) is 17.3. The van der Waals surface area contributed by atoms with Gasteiger partial charge in [-0.1, -0.05) is 0 Å². The first-order chi connectivity index (χ1) is 11.5. The summed E-state index contributed by atoms with van der Waals surface area (Å²) < 4.78 is 6.80. The second-order valence-corrected chi connectivity index (χ2v) is 5.84. The quantitative estimate of drug-likeness (QED) is 0.874. The van der Waals surface area contributed by atoms with Gasteiger partial charge < -0.3 is 14.7 Å². The van der Waals surface area contributed by atoms with Crippen LogP contribution in [0.2, 0.25) is 0 Å². The van der Waals surface area contributed by atoms with Crippen molar-refractivity contribution in [2.75, 3.05) is 13.7 Å². The predicted octanol–water partition coefficient (Wildman–Crippen LogP) is 1.88. The molecule has 7 heteroatoms. The lowest BCUT2D eigenvalue weighted by molar-refractivity contribution is -0.137. The fraction of sp³-hybridized carbons (Fsp3) is 0.353. The standard InChI is InChI=1S/C17H19N3O4/c1-11-9-15(17(23)19(10-16(21)22)12-3-4-12)18-20(11)13-5-7-14(24-2)8-6-13/h5-9,12H,3-4,10H2,1-2H3,(H,21,22). The molecule has 3 rings (SSSR count). The monoisotopic (exact) mass is 329 g/mol. The molecule has 1 heterocycles. The SMILES string of the molecule is COc1ccc(-n2nc(C(=O)N(CC(=O)O)C3CC3)cc2C)cc1. The average molecular weight is 329 g/mol. The van der Waals surface area contributed by atoms with Crippen LogP contribution >= 0.6 is 0 Å². The molecule has 0 unspecified atom stereocenters. The van der Waals surface area contributed by atoms with Gasteiger partial charge in [-0.15, -0.1) is 0 Å². The fourth-order valence-electron chi connectivity index (χ4n) is 2.61. The van der Waals surface area contributed by atoms with Crippen LogP contribution in [0, 0.1) is 6.92 Å². The lowest BCUT2D eigenvalue weighted by Gasteiger charge is -2.18. The Kier molecular flexibility index (Phi) is 4.24. The highest BCUT2D eigenvalue weighted by Gasteiger charge is 2.35. The number of rotatable bonds is 6. The number of amides is 1. The summed E-state index contributed by atoms with van der Waals surface area (Å²) in [5.41, 5.74) is 1.87. The zero-order valence-electron chi connectivity index (χ0n) is 13.6. The molecule has 1 aliphatic carbocycles. The van der Waals surface area contributed by atoms with Crippen molar-refractivity contribution in [1.82, 2.24) is 14.7 Å². The van der Waals surface area contributed by atoms with Crippen molar-refractivity contribution < 1.29 is 19.4 Å². The largest absolute Gasteiger partial charge is 0.497 e. The highest BCUT2D eigenvalue weighted by atomic mass is 16.5. The Labute approximate surface area is 139 Å². The van der Waals surface area contributed by atoms with Crippen molar-refractivity contribution in [3.63, 3.8) is 0 Å². The summed E-state index contributed by atoms with van der Waals surface area (Å²) >= 11 is 0. The van der Waals surface area contributed by atoms with Gasteiger partial charge in [-0.05, 0) is 50.1 Å². The summed E-state index contributed by atoms with van der Waals surface area (Å²) in [6, 6.07) is 9.04. The number of aliphatic carboxylic acids is 1. The van der Waals surface area contributed by atoms with Gasteiger partial charge >= 0.3 is 5.97 Å². The summed E-state index contributed by atoms with van der Waals surface area (Å²) in [7, 11) is 1.60. The first kappa shape index (κ1) is 16.0. The van der Waals surface area contributed by atoms with E-state index in [4.69, 9.17) is 9.84 Å². The number of methoxy groups -OCH3 is 1. The van der Waals surface area contributed by atoms with E-state index in [-0.39, 0.29) is 24.2 Å². The molecule has 24 heavy (non-hydrogen) atoms. The molecule has 0 atom stereocenters. The topological polar surface area (TPSA) is 84.7 Å². The van der Waals surface area contributed by atoms with Crippen LogP contribution in [0.1, 0.15) is 29.0 Å². The Morgan fingerprint density at radius 3 is 2.54 bits per heavy atom. The fourth-order valence-corrected chi connectivity index (χ4v) is 2.61. The number of benzene rings is 1. The summed E-state index contributed by atoms with van der Waals surface area (Å²) in [6.45, 7) is 1.56. The van der Waals surface area contributed by atoms with Crippen molar-refractivity contribution >= 4 is 11.9 Å². The number of aromatic nitrogens is 2. The van der Waals surface area contributed by atoms with Crippen LogP contribution in [0.3, 0.4) is 0 Å². The van der Waals surface area contributed by atoms with Crippen molar-refractivity contribution in [3.05, 3.63) is 41.7 Å². The number of aryl methyl sites for hydroxylation is 1. The molecule has 2 aromatic rings. The van der Waals surface area contributed by atoms with Crippen LogP contribution in [-0.4, -0.2) is 51.4 Å². The summed E-state index contributed by atoms with van der Waals surface area (Å²) in [4.78, 5) is 25.0. The van der Waals surface area contributed by atoms with Crippen LogP contribution in [0.15, 0.2) is 30.3 Å². The van der Waals surface area contributed by atoms with E-state index in [0.29, 0.717) is 0 Å². The normalized spacial score (nSPS) is 13.6. The van der Waals surface area contributed by atoms with E-state index in [2.05, 4.69) is 5.10 Å². The smallest absolute Gasteiger partial charge is 0.323 e. The number of nitrogens with zero attached hydrogens (tertiary/aromatic N) is 3. The Balaban J connectivity index is 1.86. The van der Waals surface area contributed by atoms with E-state index in [1.165, 1.54) is 4.90 Å². The maximum atomic E-state index is 12.6. The molecule has 1 aliphatic rings. The molecule has 1 N–H and O–H groups in total. The Morgan fingerprint density at radius 2 is 2.00 bits per heavy atom. The van der Waals surface area contributed by atoms with Gasteiger partial charge in [0.15, 0.2) is 5.69 Å². The molecular formula is C17H19N3O4. The van der Waals surface area contributed by atoms with Crippen LogP contribution in [0.5, 0.6) is 5.75 Å². The average Bonchev–Trinajstić information content (AvgIpc) is 3.34. The van der Waals surface area contributed by atoms with Crippen molar-refractivity contribution in [2.24, 2.45) is 0 Å². The van der Waals surface area contributed by atoms with Crippen molar-refractivity contribution in [3.8, 4) is 11.4 Å². The third-order valence-corrected chi connectivity index (χ3v) is 3.98. The van der Waals surface area contributed by atoms with E-state index in [1.54, 1.807) is 17.9 Å². The number of carboxylic acids is 1. The molecule has 0 bridgehead atoms. The van der Waals surface area contributed by atoms with Gasteiger partial charge in [0, 0.05) is 11.7 Å². The number of carbonyl (C=O) groups is 2. The van der Waals surface area contributed by atoms with E-state index in [1.807, 2.05) is 31.2 Å². The molecule has 1 saturated carbocycles.